The Hall–Kier alpha value is -0.0800. The summed E-state index contributed by atoms with van der Waals surface area (Å²) in [6.45, 7) is 8.19. The van der Waals surface area contributed by atoms with E-state index in [9.17, 15) is 0 Å². The lowest BCUT2D eigenvalue weighted by Gasteiger charge is -2.27. The number of nitrogens with one attached hydrogen (secondary N) is 2. The van der Waals surface area contributed by atoms with Crippen molar-refractivity contribution in [1.82, 2.24) is 10.6 Å². The topological polar surface area (TPSA) is 24.1 Å². The molecule has 0 aliphatic heterocycles. The van der Waals surface area contributed by atoms with E-state index in [1.807, 2.05) is 7.05 Å². The summed E-state index contributed by atoms with van der Waals surface area (Å²) in [6, 6.07) is 0. The minimum atomic E-state index is 0.576. The molecule has 0 spiro atoms. The Balaban J connectivity index is 2.14. The molecule has 1 aliphatic carbocycles. The smallest absolute Gasteiger partial charge is 0.00767 e. The molecule has 1 atom stereocenters. The second kappa shape index (κ2) is 4.97. The molecule has 0 bridgehead atoms. The fourth-order valence-electron chi connectivity index (χ4n) is 2.27. The average molecular weight is 184 g/mol. The molecular formula is C11H24N2. The van der Waals surface area contributed by atoms with Crippen molar-refractivity contribution in [1.29, 1.82) is 0 Å². The van der Waals surface area contributed by atoms with E-state index in [1.54, 1.807) is 0 Å². The minimum absolute atomic E-state index is 0.576. The summed E-state index contributed by atoms with van der Waals surface area (Å²) in [5.41, 5.74) is 0.576. The fourth-order valence-corrected chi connectivity index (χ4v) is 2.27. The standard InChI is InChI=1S/C11H24N2/c1-11(2)6-4-5-10(11)9-13-8-7-12-3/h10,12-13H,4-9H2,1-3H3. The molecule has 78 valence electrons. The van der Waals surface area contributed by atoms with Crippen molar-refractivity contribution in [3.05, 3.63) is 0 Å². The molecule has 1 saturated carbocycles. The van der Waals surface area contributed by atoms with Gasteiger partial charge in [0.05, 0.1) is 0 Å². The van der Waals surface area contributed by atoms with Crippen molar-refractivity contribution in [2.45, 2.75) is 33.1 Å². The first-order chi connectivity index (χ1) is 6.17. The second-order valence-electron chi connectivity index (χ2n) is 4.89. The summed E-state index contributed by atoms with van der Waals surface area (Å²) in [7, 11) is 2.00. The summed E-state index contributed by atoms with van der Waals surface area (Å²) in [6.07, 6.45) is 4.25. The zero-order valence-electron chi connectivity index (χ0n) is 9.32. The second-order valence-corrected chi connectivity index (χ2v) is 4.89. The van der Waals surface area contributed by atoms with Crippen molar-refractivity contribution in [2.24, 2.45) is 11.3 Å². The largest absolute Gasteiger partial charge is 0.318 e. The Bertz CT molecular complexity index is 143. The van der Waals surface area contributed by atoms with Crippen LogP contribution in [0.15, 0.2) is 0 Å². The highest BCUT2D eigenvalue weighted by molar-refractivity contribution is 4.85. The van der Waals surface area contributed by atoms with Crippen molar-refractivity contribution in [3.63, 3.8) is 0 Å². The average Bonchev–Trinajstić information content (AvgIpc) is 2.40. The van der Waals surface area contributed by atoms with E-state index >= 15 is 0 Å². The molecule has 0 aromatic heterocycles. The van der Waals surface area contributed by atoms with Gasteiger partial charge in [0.25, 0.3) is 0 Å². The quantitative estimate of drug-likeness (QED) is 0.635. The normalized spacial score (nSPS) is 26.5. The molecule has 1 aliphatic rings. The predicted octanol–water partition coefficient (Wildman–Crippen LogP) is 1.62. The van der Waals surface area contributed by atoms with Crippen LogP contribution in [0.3, 0.4) is 0 Å². The van der Waals surface area contributed by atoms with Crippen LogP contribution in [-0.2, 0) is 0 Å². The molecule has 2 heteroatoms. The fraction of sp³-hybridized carbons (Fsp3) is 1.00. The van der Waals surface area contributed by atoms with Gasteiger partial charge in [0, 0.05) is 13.1 Å². The Kier molecular flexibility index (Phi) is 4.20. The third kappa shape index (κ3) is 3.28. The predicted molar refractivity (Wildman–Crippen MR) is 57.9 cm³/mol. The molecule has 1 rings (SSSR count). The van der Waals surface area contributed by atoms with E-state index < -0.39 is 0 Å². The molecule has 2 nitrogen and oxygen atoms in total. The zero-order valence-corrected chi connectivity index (χ0v) is 9.32. The first-order valence-corrected chi connectivity index (χ1v) is 5.52. The van der Waals surface area contributed by atoms with Gasteiger partial charge in [0.1, 0.15) is 0 Å². The number of likely N-dealkylation sites (N-methyl/N-ethyl adjacent to an activating group) is 1. The van der Waals surface area contributed by atoms with Gasteiger partial charge in [-0.25, -0.2) is 0 Å². The molecule has 2 N–H and O–H groups in total. The summed E-state index contributed by atoms with van der Waals surface area (Å²) in [4.78, 5) is 0. The minimum Gasteiger partial charge on any atom is -0.318 e. The van der Waals surface area contributed by atoms with Gasteiger partial charge in [-0.05, 0) is 37.8 Å². The highest BCUT2D eigenvalue weighted by Gasteiger charge is 2.33. The van der Waals surface area contributed by atoms with Crippen LogP contribution in [0, 0.1) is 11.3 Å². The van der Waals surface area contributed by atoms with Crippen molar-refractivity contribution >= 4 is 0 Å². The van der Waals surface area contributed by atoms with Crippen LogP contribution in [0.4, 0.5) is 0 Å². The Morgan fingerprint density at radius 1 is 1.31 bits per heavy atom. The molecule has 0 aromatic rings. The van der Waals surface area contributed by atoms with Crippen molar-refractivity contribution in [3.8, 4) is 0 Å². The van der Waals surface area contributed by atoms with Gasteiger partial charge in [0.15, 0.2) is 0 Å². The lowest BCUT2D eigenvalue weighted by atomic mass is 9.82. The summed E-state index contributed by atoms with van der Waals surface area (Å²) >= 11 is 0. The van der Waals surface area contributed by atoms with Crippen LogP contribution in [0.1, 0.15) is 33.1 Å². The lowest BCUT2D eigenvalue weighted by molar-refractivity contribution is 0.252. The van der Waals surface area contributed by atoms with Gasteiger partial charge in [-0.3, -0.25) is 0 Å². The first kappa shape index (κ1) is 11.0. The van der Waals surface area contributed by atoms with E-state index in [0.29, 0.717) is 5.41 Å². The third-order valence-electron chi connectivity index (χ3n) is 3.42. The van der Waals surface area contributed by atoms with Crippen LogP contribution in [0.5, 0.6) is 0 Å². The van der Waals surface area contributed by atoms with Crippen LogP contribution < -0.4 is 10.6 Å². The van der Waals surface area contributed by atoms with E-state index in [1.165, 1.54) is 25.8 Å². The van der Waals surface area contributed by atoms with E-state index in [0.717, 1.165) is 19.0 Å². The summed E-state index contributed by atoms with van der Waals surface area (Å²) in [5.74, 6) is 0.893. The lowest BCUT2D eigenvalue weighted by Crippen LogP contribution is -2.33. The highest BCUT2D eigenvalue weighted by Crippen LogP contribution is 2.41. The molecule has 0 amide bonds. The molecule has 0 aromatic carbocycles. The number of hydrogen-bond acceptors (Lipinski definition) is 2. The molecule has 0 heterocycles. The van der Waals surface area contributed by atoms with E-state index in [-0.39, 0.29) is 0 Å². The maximum atomic E-state index is 3.52. The maximum absolute atomic E-state index is 3.52. The maximum Gasteiger partial charge on any atom is 0.00767 e. The van der Waals surface area contributed by atoms with Gasteiger partial charge < -0.3 is 10.6 Å². The van der Waals surface area contributed by atoms with Crippen LogP contribution >= 0.6 is 0 Å². The molecule has 13 heavy (non-hydrogen) atoms. The monoisotopic (exact) mass is 184 g/mol. The molecular weight excluding hydrogens is 160 g/mol. The van der Waals surface area contributed by atoms with E-state index in [4.69, 9.17) is 0 Å². The number of rotatable bonds is 5. The van der Waals surface area contributed by atoms with Gasteiger partial charge >= 0.3 is 0 Å². The van der Waals surface area contributed by atoms with Gasteiger partial charge in [0.2, 0.25) is 0 Å². The van der Waals surface area contributed by atoms with Crippen LogP contribution in [0.2, 0.25) is 0 Å². The van der Waals surface area contributed by atoms with Crippen molar-refractivity contribution < 1.29 is 0 Å². The Morgan fingerprint density at radius 3 is 2.62 bits per heavy atom. The van der Waals surface area contributed by atoms with Crippen molar-refractivity contribution in [2.75, 3.05) is 26.7 Å². The Labute approximate surface area is 82.5 Å². The molecule has 1 unspecified atom stereocenters. The van der Waals surface area contributed by atoms with E-state index in [2.05, 4.69) is 24.5 Å². The third-order valence-corrected chi connectivity index (χ3v) is 3.42. The SMILES string of the molecule is CNCCNCC1CCCC1(C)C. The zero-order chi connectivity index (χ0) is 9.73. The molecule has 0 radical (unpaired) electrons. The Morgan fingerprint density at radius 2 is 2.08 bits per heavy atom. The van der Waals surface area contributed by atoms with Crippen LogP contribution in [-0.4, -0.2) is 26.7 Å². The van der Waals surface area contributed by atoms with Gasteiger partial charge in [-0.15, -0.1) is 0 Å². The van der Waals surface area contributed by atoms with Gasteiger partial charge in [-0.2, -0.15) is 0 Å². The van der Waals surface area contributed by atoms with Crippen LogP contribution in [0.25, 0.3) is 0 Å². The summed E-state index contributed by atoms with van der Waals surface area (Å²) < 4.78 is 0. The highest BCUT2D eigenvalue weighted by atomic mass is 14.9. The summed E-state index contributed by atoms with van der Waals surface area (Å²) in [5, 5.41) is 6.67. The number of hydrogen-bond donors (Lipinski definition) is 2. The van der Waals surface area contributed by atoms with Gasteiger partial charge in [-0.1, -0.05) is 20.3 Å². The molecule has 0 saturated heterocycles. The first-order valence-electron chi connectivity index (χ1n) is 5.52. The molecule has 1 fully saturated rings.